The second kappa shape index (κ2) is 4.99. The number of hydrogen-bond donors (Lipinski definition) is 3. The summed E-state index contributed by atoms with van der Waals surface area (Å²) in [5.41, 5.74) is 4.60. The van der Waals surface area contributed by atoms with Crippen molar-refractivity contribution in [2.45, 2.75) is 0 Å². The fraction of sp³-hybridized carbons (Fsp3) is 0. The van der Waals surface area contributed by atoms with Crippen molar-refractivity contribution in [1.82, 2.24) is 0 Å². The molecule has 1 rings (SSSR count). The molecule has 0 saturated carbocycles. The third-order valence-electron chi connectivity index (χ3n) is 1.54. The average molecular weight is 205 g/mol. The van der Waals surface area contributed by atoms with E-state index in [1.807, 2.05) is 0 Å². The first kappa shape index (κ1) is 13.0. The normalized spacial score (nSPS) is 8.86. The van der Waals surface area contributed by atoms with Crippen LogP contribution in [0.1, 0.15) is 22.1 Å². The van der Waals surface area contributed by atoms with Gasteiger partial charge in [-0.1, -0.05) is 6.07 Å². The van der Waals surface area contributed by atoms with Crippen LogP contribution in [0.25, 0.3) is 0 Å². The number of anilines is 1. The smallest absolute Gasteiger partial charge is 1.00 e. The quantitative estimate of drug-likeness (QED) is 0.375. The Morgan fingerprint density at radius 1 is 1.21 bits per heavy atom. The zero-order valence-electron chi connectivity index (χ0n) is 8.52. The maximum atomic E-state index is 10.6. The van der Waals surface area contributed by atoms with Crippen molar-refractivity contribution in [3.63, 3.8) is 0 Å². The first-order valence-corrected chi connectivity index (χ1v) is 3.39. The maximum Gasteiger partial charge on any atom is 1.00 e. The molecule has 0 aliphatic rings. The Balaban J connectivity index is 0. The number of carbonyl (C=O) groups is 2. The Hall–Kier alpha value is -1.04. The molecule has 0 fully saturated rings. The summed E-state index contributed by atoms with van der Waals surface area (Å²) in [6.45, 7) is 0. The monoisotopic (exact) mass is 205 g/mol. The second-order valence-corrected chi connectivity index (χ2v) is 2.38. The van der Waals surface area contributed by atoms with Gasteiger partial charge in [0.2, 0.25) is 0 Å². The maximum absolute atomic E-state index is 10.6. The third kappa shape index (κ3) is 2.47. The molecule has 6 heteroatoms. The van der Waals surface area contributed by atoms with Crippen LogP contribution < -0.4 is 35.3 Å². The van der Waals surface area contributed by atoms with Crippen LogP contribution in [-0.4, -0.2) is 22.2 Å². The predicted octanol–water partition coefficient (Wildman–Crippen LogP) is -2.22. The molecule has 4 N–H and O–H groups in total. The molecule has 5 nitrogen and oxygen atoms in total. The van der Waals surface area contributed by atoms with Gasteiger partial charge in [0.1, 0.15) is 0 Å². The Morgan fingerprint density at radius 2 is 1.79 bits per heavy atom. The topological polar surface area (TPSA) is 101 Å². The minimum atomic E-state index is -1.34. The first-order chi connectivity index (χ1) is 6.04. The summed E-state index contributed by atoms with van der Waals surface area (Å²) in [6, 6.07) is 3.93. The molecule has 0 heterocycles. The van der Waals surface area contributed by atoms with E-state index < -0.39 is 11.9 Å². The summed E-state index contributed by atoms with van der Waals surface area (Å²) in [5.74, 6) is -2.64. The van der Waals surface area contributed by atoms with Gasteiger partial charge in [-0.05, 0) is 12.1 Å². The van der Waals surface area contributed by atoms with Crippen LogP contribution in [0.3, 0.4) is 0 Å². The van der Waals surface area contributed by atoms with Gasteiger partial charge in [0.15, 0.2) is 0 Å². The Morgan fingerprint density at radius 3 is 2.14 bits per heavy atom. The summed E-state index contributed by atoms with van der Waals surface area (Å²) in [7, 11) is 0. The van der Waals surface area contributed by atoms with Gasteiger partial charge in [-0.25, -0.2) is 9.59 Å². The molecule has 0 saturated heterocycles. The van der Waals surface area contributed by atoms with Gasteiger partial charge in [0.05, 0.1) is 11.1 Å². The van der Waals surface area contributed by atoms with Crippen molar-refractivity contribution in [3.8, 4) is 0 Å². The number of benzene rings is 1. The number of hydrogen-bond acceptors (Lipinski definition) is 3. The fourth-order valence-electron chi connectivity index (χ4n) is 0.987. The van der Waals surface area contributed by atoms with E-state index in [0.29, 0.717) is 0 Å². The molecule has 1 aromatic rings. The number of carboxylic acids is 2. The van der Waals surface area contributed by atoms with E-state index >= 15 is 0 Å². The zero-order valence-corrected chi connectivity index (χ0v) is 9.52. The molecule has 0 unspecified atom stereocenters. The number of rotatable bonds is 2. The Labute approximate surface area is 103 Å². The average Bonchev–Trinajstić information content (AvgIpc) is 2.02. The third-order valence-corrected chi connectivity index (χ3v) is 1.54. The van der Waals surface area contributed by atoms with Crippen LogP contribution in [0, 0.1) is 0 Å². The molecule has 0 aliphatic heterocycles. The van der Waals surface area contributed by atoms with Crippen molar-refractivity contribution >= 4 is 17.6 Å². The number of nitrogen functional groups attached to an aromatic ring is 1. The number of aromatic carboxylic acids is 2. The van der Waals surface area contributed by atoms with Gasteiger partial charge in [0, 0.05) is 5.69 Å². The minimum absolute atomic E-state index is 0. The van der Waals surface area contributed by atoms with Gasteiger partial charge in [-0.2, -0.15) is 0 Å². The summed E-state index contributed by atoms with van der Waals surface area (Å²) in [5, 5.41) is 17.3. The molecule has 0 radical (unpaired) electrons. The predicted molar refractivity (Wildman–Crippen MR) is 45.9 cm³/mol. The minimum Gasteiger partial charge on any atom is -1.00 e. The van der Waals surface area contributed by atoms with Crippen molar-refractivity contribution < 1.29 is 50.8 Å². The van der Waals surface area contributed by atoms with Crippen molar-refractivity contribution in [2.75, 3.05) is 5.73 Å². The number of nitrogens with two attached hydrogens (primary N) is 1. The van der Waals surface area contributed by atoms with Crippen LogP contribution in [0.4, 0.5) is 5.69 Å². The molecule has 0 atom stereocenters. The molecule has 0 aliphatic carbocycles. The summed E-state index contributed by atoms with van der Waals surface area (Å²) in [4.78, 5) is 21.2. The largest absolute Gasteiger partial charge is 1.00 e. The van der Waals surface area contributed by atoms with E-state index in [9.17, 15) is 9.59 Å². The van der Waals surface area contributed by atoms with Crippen LogP contribution >= 0.6 is 0 Å². The summed E-state index contributed by atoms with van der Waals surface area (Å²) < 4.78 is 0. The molecule has 1 aromatic carbocycles. The fourth-order valence-corrected chi connectivity index (χ4v) is 0.987. The second-order valence-electron chi connectivity index (χ2n) is 2.38. The van der Waals surface area contributed by atoms with Gasteiger partial charge >= 0.3 is 41.5 Å². The van der Waals surface area contributed by atoms with Gasteiger partial charge in [-0.15, -0.1) is 0 Å². The van der Waals surface area contributed by atoms with Crippen LogP contribution in [0.2, 0.25) is 0 Å². The number of carboxylic acid groups (broad SMARTS) is 2. The van der Waals surface area contributed by atoms with E-state index in [-0.39, 0.29) is 47.8 Å². The molecule has 0 aromatic heterocycles. The molecular weight excluding hydrogens is 197 g/mol. The SMILES string of the molecule is Nc1cccc(C(=O)O)c1C(=O)O.[H-].[Na+]. The van der Waals surface area contributed by atoms with Crippen LogP contribution in [-0.2, 0) is 0 Å². The van der Waals surface area contributed by atoms with E-state index in [4.69, 9.17) is 15.9 Å². The van der Waals surface area contributed by atoms with E-state index in [1.54, 1.807) is 0 Å². The van der Waals surface area contributed by atoms with E-state index in [1.165, 1.54) is 18.2 Å². The van der Waals surface area contributed by atoms with Crippen molar-refractivity contribution in [1.29, 1.82) is 0 Å². The first-order valence-electron chi connectivity index (χ1n) is 3.39. The molecule has 14 heavy (non-hydrogen) atoms. The molecule has 70 valence electrons. The summed E-state index contributed by atoms with van der Waals surface area (Å²) in [6.07, 6.45) is 0. The molecule has 0 bridgehead atoms. The van der Waals surface area contributed by atoms with E-state index in [2.05, 4.69) is 0 Å². The van der Waals surface area contributed by atoms with Crippen molar-refractivity contribution in [3.05, 3.63) is 29.3 Å². The van der Waals surface area contributed by atoms with Gasteiger partial charge in [-0.3, -0.25) is 0 Å². The van der Waals surface area contributed by atoms with Crippen LogP contribution in [0.15, 0.2) is 18.2 Å². The van der Waals surface area contributed by atoms with Gasteiger partial charge < -0.3 is 17.4 Å². The molecule has 0 spiro atoms. The zero-order chi connectivity index (χ0) is 10.0. The van der Waals surface area contributed by atoms with Gasteiger partial charge in [0.25, 0.3) is 0 Å². The Bertz CT molecular complexity index is 383. The Kier molecular flexibility index (Phi) is 4.62. The molecular formula is C8H8NNaO4. The standard InChI is InChI=1S/C8H7NO4.Na.H/c9-5-3-1-2-4(7(10)11)6(5)8(12)13;;/h1-3H,9H2,(H,10,11)(H,12,13);;/q;+1;-1. The summed E-state index contributed by atoms with van der Waals surface area (Å²) >= 11 is 0. The molecule has 0 amide bonds. The van der Waals surface area contributed by atoms with Crippen LogP contribution in [0.5, 0.6) is 0 Å². The van der Waals surface area contributed by atoms with Crippen molar-refractivity contribution in [2.24, 2.45) is 0 Å². The van der Waals surface area contributed by atoms with E-state index in [0.717, 1.165) is 0 Å².